The third kappa shape index (κ3) is 6.76. The number of nitrogens with two attached hydrogens (primary N) is 1. The summed E-state index contributed by atoms with van der Waals surface area (Å²) in [5.41, 5.74) is 6.27. The largest absolute Gasteiger partial charge is 0.382 e. The van der Waals surface area contributed by atoms with E-state index in [0.29, 0.717) is 17.8 Å². The normalized spacial score (nSPS) is 12.5. The zero-order chi connectivity index (χ0) is 23.4. The SMILES string of the molecule is Cl.Cl.Nc1nc(Nc2ccc(C(=O)NCCN3CC=CC3)cc2)sc1C(=O)c1c(F)cccc1F. The fourth-order valence-electron chi connectivity index (χ4n) is 3.34. The molecule has 2 aromatic carbocycles. The first-order valence-corrected chi connectivity index (χ1v) is 11.0. The van der Waals surface area contributed by atoms with Gasteiger partial charge in [0, 0.05) is 37.4 Å². The predicted molar refractivity (Wildman–Crippen MR) is 138 cm³/mol. The molecule has 0 radical (unpaired) electrons. The van der Waals surface area contributed by atoms with Crippen molar-refractivity contribution in [1.82, 2.24) is 15.2 Å². The Balaban J connectivity index is 0.00000216. The summed E-state index contributed by atoms with van der Waals surface area (Å²) in [6.45, 7) is 3.14. The molecule has 0 aliphatic carbocycles. The van der Waals surface area contributed by atoms with Gasteiger partial charge in [-0.2, -0.15) is 0 Å². The number of rotatable bonds is 8. The Morgan fingerprint density at radius 2 is 1.66 bits per heavy atom. The Kier molecular flexibility index (Phi) is 10.1. The lowest BCUT2D eigenvalue weighted by Gasteiger charge is -2.14. The van der Waals surface area contributed by atoms with E-state index in [1.165, 1.54) is 6.07 Å². The standard InChI is InChI=1S/C23H21F2N5O2S.2ClH/c24-16-4-3-5-17(25)18(16)19(31)20-21(26)29-23(33-20)28-15-8-6-14(7-9-15)22(32)27-10-13-30-11-1-2-12-30;;/h1-9H,10-13,26H2,(H,27,32)(H,28,29);2*1H. The lowest BCUT2D eigenvalue weighted by atomic mass is 10.1. The average molecular weight is 542 g/mol. The fourth-order valence-corrected chi connectivity index (χ4v) is 4.19. The van der Waals surface area contributed by atoms with Crippen LogP contribution in [0.2, 0.25) is 0 Å². The molecule has 3 aromatic rings. The van der Waals surface area contributed by atoms with Crippen LogP contribution in [0.5, 0.6) is 0 Å². The van der Waals surface area contributed by atoms with Crippen LogP contribution in [0, 0.1) is 11.6 Å². The van der Waals surface area contributed by atoms with E-state index >= 15 is 0 Å². The number of nitrogen functional groups attached to an aromatic ring is 1. The van der Waals surface area contributed by atoms with Crippen LogP contribution in [0.4, 0.5) is 25.4 Å². The van der Waals surface area contributed by atoms with Crippen molar-refractivity contribution in [3.8, 4) is 0 Å². The molecule has 0 atom stereocenters. The molecule has 0 bridgehead atoms. The van der Waals surface area contributed by atoms with Crippen molar-refractivity contribution in [2.75, 3.05) is 37.2 Å². The number of ketones is 1. The molecule has 1 aromatic heterocycles. The minimum atomic E-state index is -0.965. The van der Waals surface area contributed by atoms with Crippen LogP contribution in [0.3, 0.4) is 0 Å². The lowest BCUT2D eigenvalue weighted by molar-refractivity contribution is 0.0949. The van der Waals surface area contributed by atoms with E-state index in [2.05, 4.69) is 32.7 Å². The molecular formula is C23H23Cl2F2N5O2S. The minimum absolute atomic E-state index is 0. The summed E-state index contributed by atoms with van der Waals surface area (Å²) in [6.07, 6.45) is 4.20. The highest BCUT2D eigenvalue weighted by Crippen LogP contribution is 2.31. The molecule has 0 saturated carbocycles. The predicted octanol–water partition coefficient (Wildman–Crippen LogP) is 4.42. The van der Waals surface area contributed by atoms with Gasteiger partial charge in [0.1, 0.15) is 22.3 Å². The maximum absolute atomic E-state index is 14.0. The summed E-state index contributed by atoms with van der Waals surface area (Å²) in [5, 5.41) is 6.16. The van der Waals surface area contributed by atoms with Gasteiger partial charge in [-0.05, 0) is 36.4 Å². The topological polar surface area (TPSA) is 100 Å². The number of nitrogens with zero attached hydrogens (tertiary/aromatic N) is 2. The van der Waals surface area contributed by atoms with Gasteiger partial charge in [0.15, 0.2) is 5.13 Å². The maximum atomic E-state index is 14.0. The van der Waals surface area contributed by atoms with Crippen molar-refractivity contribution in [3.63, 3.8) is 0 Å². The Hall–Kier alpha value is -3.05. The number of hydrogen-bond donors (Lipinski definition) is 3. The van der Waals surface area contributed by atoms with E-state index in [9.17, 15) is 18.4 Å². The zero-order valence-corrected chi connectivity index (χ0v) is 20.7. The Morgan fingerprint density at radius 3 is 2.29 bits per heavy atom. The Morgan fingerprint density at radius 1 is 1.03 bits per heavy atom. The second kappa shape index (κ2) is 12.6. The second-order valence-electron chi connectivity index (χ2n) is 7.35. The summed E-state index contributed by atoms with van der Waals surface area (Å²) in [4.78, 5) is 31.1. The van der Waals surface area contributed by atoms with Gasteiger partial charge in [-0.25, -0.2) is 13.8 Å². The van der Waals surface area contributed by atoms with E-state index < -0.39 is 23.0 Å². The summed E-state index contributed by atoms with van der Waals surface area (Å²) >= 11 is 0.889. The minimum Gasteiger partial charge on any atom is -0.382 e. The van der Waals surface area contributed by atoms with E-state index in [-0.39, 0.29) is 46.5 Å². The van der Waals surface area contributed by atoms with Crippen LogP contribution in [0.25, 0.3) is 0 Å². The molecule has 0 unspecified atom stereocenters. The van der Waals surface area contributed by atoms with Crippen LogP contribution in [0.1, 0.15) is 25.6 Å². The number of anilines is 3. The molecule has 0 saturated heterocycles. The number of carbonyl (C=O) groups excluding carboxylic acids is 2. The summed E-state index contributed by atoms with van der Waals surface area (Å²) in [7, 11) is 0. The van der Waals surface area contributed by atoms with Crippen molar-refractivity contribution in [2.24, 2.45) is 0 Å². The molecule has 4 rings (SSSR count). The second-order valence-corrected chi connectivity index (χ2v) is 8.35. The average Bonchev–Trinajstić information content (AvgIpc) is 3.43. The van der Waals surface area contributed by atoms with Crippen LogP contribution in [0.15, 0.2) is 54.6 Å². The molecule has 1 amide bonds. The highest BCUT2D eigenvalue weighted by molar-refractivity contribution is 7.18. The summed E-state index contributed by atoms with van der Waals surface area (Å²) in [5.74, 6) is -3.10. The third-order valence-corrected chi connectivity index (χ3v) is 6.04. The van der Waals surface area contributed by atoms with E-state index in [4.69, 9.17) is 5.73 Å². The molecule has 1 aliphatic rings. The highest BCUT2D eigenvalue weighted by Gasteiger charge is 2.24. The molecule has 0 fully saturated rings. The van der Waals surface area contributed by atoms with E-state index in [0.717, 1.165) is 43.1 Å². The highest BCUT2D eigenvalue weighted by atomic mass is 35.5. The van der Waals surface area contributed by atoms with Gasteiger partial charge in [0.25, 0.3) is 5.91 Å². The zero-order valence-electron chi connectivity index (χ0n) is 18.3. The van der Waals surface area contributed by atoms with Gasteiger partial charge in [0.2, 0.25) is 5.78 Å². The molecule has 4 N–H and O–H groups in total. The van der Waals surface area contributed by atoms with Gasteiger partial charge in [-0.3, -0.25) is 14.5 Å². The van der Waals surface area contributed by atoms with Gasteiger partial charge < -0.3 is 16.4 Å². The van der Waals surface area contributed by atoms with Crippen LogP contribution >= 0.6 is 36.2 Å². The number of nitrogens with one attached hydrogen (secondary N) is 2. The van der Waals surface area contributed by atoms with Crippen molar-refractivity contribution in [3.05, 3.63) is 82.3 Å². The quantitative estimate of drug-likeness (QED) is 0.288. The first kappa shape index (κ1) is 28.2. The molecule has 2 heterocycles. The van der Waals surface area contributed by atoms with E-state index in [1.807, 2.05) is 0 Å². The lowest BCUT2D eigenvalue weighted by Crippen LogP contribution is -2.33. The number of halogens is 4. The molecule has 7 nitrogen and oxygen atoms in total. The maximum Gasteiger partial charge on any atom is 0.251 e. The number of aromatic nitrogens is 1. The Bertz CT molecular complexity index is 1190. The third-order valence-electron chi connectivity index (χ3n) is 5.06. The molecule has 0 spiro atoms. The van der Waals surface area contributed by atoms with Crippen molar-refractivity contribution in [2.45, 2.75) is 0 Å². The van der Waals surface area contributed by atoms with Gasteiger partial charge in [-0.15, -0.1) is 24.8 Å². The number of amides is 1. The molecular weight excluding hydrogens is 519 g/mol. The number of thiazole rings is 1. The van der Waals surface area contributed by atoms with Crippen LogP contribution in [-0.4, -0.2) is 47.8 Å². The van der Waals surface area contributed by atoms with Gasteiger partial charge in [-0.1, -0.05) is 29.6 Å². The van der Waals surface area contributed by atoms with Crippen LogP contribution in [-0.2, 0) is 0 Å². The number of carbonyl (C=O) groups is 2. The van der Waals surface area contributed by atoms with Gasteiger partial charge in [0.05, 0.1) is 5.56 Å². The number of hydrogen-bond acceptors (Lipinski definition) is 7. The van der Waals surface area contributed by atoms with Gasteiger partial charge >= 0.3 is 0 Å². The van der Waals surface area contributed by atoms with Crippen molar-refractivity contribution in [1.29, 1.82) is 0 Å². The fraction of sp³-hybridized carbons (Fsp3) is 0.174. The van der Waals surface area contributed by atoms with E-state index in [1.54, 1.807) is 24.3 Å². The molecule has 12 heteroatoms. The molecule has 35 heavy (non-hydrogen) atoms. The first-order chi connectivity index (χ1) is 15.9. The smallest absolute Gasteiger partial charge is 0.251 e. The molecule has 1 aliphatic heterocycles. The van der Waals surface area contributed by atoms with Crippen molar-refractivity contribution >= 4 is 64.5 Å². The summed E-state index contributed by atoms with van der Waals surface area (Å²) in [6, 6.07) is 9.89. The van der Waals surface area contributed by atoms with Crippen LogP contribution < -0.4 is 16.4 Å². The summed E-state index contributed by atoms with van der Waals surface area (Å²) < 4.78 is 27.9. The monoisotopic (exact) mass is 541 g/mol. The molecule has 186 valence electrons. The Labute approximate surface area is 217 Å². The first-order valence-electron chi connectivity index (χ1n) is 10.2. The number of benzene rings is 2. The van der Waals surface area contributed by atoms with Crippen molar-refractivity contribution < 1.29 is 18.4 Å².